The number of ether oxygens (including phenoxy) is 1. The molecular formula is C25H22N6O. The summed E-state index contributed by atoms with van der Waals surface area (Å²) < 4.78 is 8.44. The Morgan fingerprint density at radius 2 is 1.81 bits per heavy atom. The number of hydrogen-bond acceptors (Lipinski definition) is 6. The van der Waals surface area contributed by atoms with E-state index >= 15 is 0 Å². The zero-order chi connectivity index (χ0) is 21.7. The first kappa shape index (κ1) is 18.7. The van der Waals surface area contributed by atoms with Gasteiger partial charge in [0.25, 0.3) is 0 Å². The average Bonchev–Trinajstić information content (AvgIpc) is 3.31. The smallest absolute Gasteiger partial charge is 0.248 e. The van der Waals surface area contributed by atoms with Crippen molar-refractivity contribution in [1.29, 1.82) is 0 Å². The predicted octanol–water partition coefficient (Wildman–Crippen LogP) is 4.75. The number of para-hydroxylation sites is 1. The number of tetrazole rings is 1. The summed E-state index contributed by atoms with van der Waals surface area (Å²) in [6, 6.07) is 20.5. The van der Waals surface area contributed by atoms with Crippen LogP contribution >= 0.6 is 0 Å². The van der Waals surface area contributed by atoms with Crippen molar-refractivity contribution in [3.8, 4) is 5.75 Å². The Morgan fingerprint density at radius 3 is 2.59 bits per heavy atom. The van der Waals surface area contributed by atoms with Crippen molar-refractivity contribution in [3.63, 3.8) is 0 Å². The van der Waals surface area contributed by atoms with Crippen LogP contribution in [-0.4, -0.2) is 25.2 Å². The Hall–Kier alpha value is -4.00. The van der Waals surface area contributed by atoms with Crippen LogP contribution < -0.4 is 10.1 Å². The third-order valence-electron chi connectivity index (χ3n) is 6.15. The third-order valence-corrected chi connectivity index (χ3v) is 6.15. The van der Waals surface area contributed by atoms with E-state index in [1.165, 1.54) is 5.56 Å². The van der Waals surface area contributed by atoms with Crippen molar-refractivity contribution in [2.24, 2.45) is 0 Å². The molecule has 0 bridgehead atoms. The molecule has 0 spiro atoms. The molecule has 2 aromatic heterocycles. The maximum atomic E-state index is 6.63. The molecule has 0 aliphatic carbocycles. The van der Waals surface area contributed by atoms with Crippen LogP contribution in [0.1, 0.15) is 54.2 Å². The van der Waals surface area contributed by atoms with Crippen LogP contribution in [0, 0.1) is 0 Å². The van der Waals surface area contributed by atoms with E-state index in [0.717, 1.165) is 33.7 Å². The van der Waals surface area contributed by atoms with Crippen LogP contribution in [0.5, 0.6) is 5.75 Å². The Morgan fingerprint density at radius 1 is 0.969 bits per heavy atom. The molecule has 2 atom stereocenters. The van der Waals surface area contributed by atoms with Crippen LogP contribution in [0.15, 0.2) is 78.6 Å². The lowest BCUT2D eigenvalue weighted by Crippen LogP contribution is -2.32. The summed E-state index contributed by atoms with van der Waals surface area (Å²) in [5.74, 6) is 1.90. The number of hydrogen-bond donors (Lipinski definition) is 1. The lowest BCUT2D eigenvalue weighted by molar-refractivity contribution is 0.222. The van der Waals surface area contributed by atoms with E-state index in [1.54, 1.807) is 6.20 Å². The molecule has 158 valence electrons. The lowest BCUT2D eigenvalue weighted by atomic mass is 9.84. The molecule has 6 rings (SSSR count). The molecule has 4 heterocycles. The van der Waals surface area contributed by atoms with E-state index in [-0.39, 0.29) is 12.1 Å². The number of anilines is 1. The van der Waals surface area contributed by atoms with Gasteiger partial charge in [0.2, 0.25) is 5.95 Å². The van der Waals surface area contributed by atoms with Gasteiger partial charge >= 0.3 is 0 Å². The van der Waals surface area contributed by atoms with Crippen LogP contribution in [0.2, 0.25) is 0 Å². The van der Waals surface area contributed by atoms with Crippen LogP contribution in [0.3, 0.4) is 0 Å². The molecule has 0 unspecified atom stereocenters. The van der Waals surface area contributed by atoms with E-state index < -0.39 is 0 Å². The Kier molecular flexibility index (Phi) is 4.28. The van der Waals surface area contributed by atoms with E-state index in [1.807, 2.05) is 35.1 Å². The van der Waals surface area contributed by atoms with Crippen LogP contribution in [0.25, 0.3) is 5.70 Å². The number of nitrogens with zero attached hydrogens (tertiary/aromatic N) is 5. The third kappa shape index (κ3) is 2.89. The molecule has 0 fully saturated rings. The summed E-state index contributed by atoms with van der Waals surface area (Å²) in [6.45, 7) is 4.40. The van der Waals surface area contributed by atoms with Gasteiger partial charge in [-0.3, -0.25) is 4.98 Å². The van der Waals surface area contributed by atoms with E-state index in [4.69, 9.17) is 4.74 Å². The zero-order valence-corrected chi connectivity index (χ0v) is 17.8. The molecule has 4 aromatic rings. The zero-order valence-electron chi connectivity index (χ0n) is 17.8. The Labute approximate surface area is 185 Å². The first-order chi connectivity index (χ1) is 15.7. The van der Waals surface area contributed by atoms with Crippen LogP contribution in [-0.2, 0) is 0 Å². The molecule has 32 heavy (non-hydrogen) atoms. The fourth-order valence-corrected chi connectivity index (χ4v) is 4.53. The van der Waals surface area contributed by atoms with Crippen molar-refractivity contribution in [2.75, 3.05) is 5.32 Å². The first-order valence-electron chi connectivity index (χ1n) is 10.8. The van der Waals surface area contributed by atoms with Gasteiger partial charge in [0.05, 0.1) is 5.70 Å². The molecule has 0 saturated heterocycles. The van der Waals surface area contributed by atoms with Gasteiger partial charge in [-0.2, -0.15) is 4.68 Å². The number of benzene rings is 2. The molecule has 0 saturated carbocycles. The van der Waals surface area contributed by atoms with Gasteiger partial charge < -0.3 is 10.1 Å². The highest BCUT2D eigenvalue weighted by Gasteiger charge is 2.41. The molecule has 1 N–H and O–H groups in total. The second-order valence-electron chi connectivity index (χ2n) is 8.41. The molecule has 0 amide bonds. The summed E-state index contributed by atoms with van der Waals surface area (Å²) in [5.41, 5.74) is 6.44. The highest BCUT2D eigenvalue weighted by atomic mass is 16.5. The van der Waals surface area contributed by atoms with Gasteiger partial charge in [-0.05, 0) is 51.2 Å². The maximum absolute atomic E-state index is 6.63. The summed E-state index contributed by atoms with van der Waals surface area (Å²) in [6.07, 6.45) is 3.34. The number of rotatable bonds is 3. The van der Waals surface area contributed by atoms with Crippen LogP contribution in [0.4, 0.5) is 5.95 Å². The summed E-state index contributed by atoms with van der Waals surface area (Å²) in [5, 5.41) is 15.9. The number of nitrogens with one attached hydrogen (secondary N) is 1. The van der Waals surface area contributed by atoms with E-state index in [9.17, 15) is 0 Å². The van der Waals surface area contributed by atoms with Crippen molar-refractivity contribution in [2.45, 2.75) is 31.9 Å². The normalized spacial score (nSPS) is 19.0. The van der Waals surface area contributed by atoms with Gasteiger partial charge in [-0.1, -0.05) is 61.4 Å². The SMILES string of the molecule is CC(C)c1ccc([C@@H]2Oc3ccccc3C3=C2[C@@H](c2cccnc2)n2nnnc2N3)cc1. The fraction of sp³-hybridized carbons (Fsp3) is 0.200. The van der Waals surface area contributed by atoms with Gasteiger partial charge in [0, 0.05) is 23.5 Å². The highest BCUT2D eigenvalue weighted by Crippen LogP contribution is 2.50. The number of fused-ring (bicyclic) bond motifs is 3. The van der Waals surface area contributed by atoms with Crippen molar-refractivity contribution in [1.82, 2.24) is 25.2 Å². The summed E-state index contributed by atoms with van der Waals surface area (Å²) in [7, 11) is 0. The minimum Gasteiger partial charge on any atom is -0.480 e. The quantitative estimate of drug-likeness (QED) is 0.513. The van der Waals surface area contributed by atoms with Crippen molar-refractivity contribution < 1.29 is 4.74 Å². The fourth-order valence-electron chi connectivity index (χ4n) is 4.53. The molecule has 2 aromatic carbocycles. The topological polar surface area (TPSA) is 77.8 Å². The first-order valence-corrected chi connectivity index (χ1v) is 10.8. The molecule has 2 aliphatic heterocycles. The predicted molar refractivity (Wildman–Crippen MR) is 121 cm³/mol. The second-order valence-corrected chi connectivity index (χ2v) is 8.41. The Balaban J connectivity index is 1.58. The molecule has 7 heteroatoms. The van der Waals surface area contributed by atoms with E-state index in [0.29, 0.717) is 11.9 Å². The van der Waals surface area contributed by atoms with Crippen molar-refractivity contribution >= 4 is 11.6 Å². The maximum Gasteiger partial charge on any atom is 0.248 e. The largest absolute Gasteiger partial charge is 0.480 e. The number of aromatic nitrogens is 5. The average molecular weight is 422 g/mol. The summed E-state index contributed by atoms with van der Waals surface area (Å²) >= 11 is 0. The highest BCUT2D eigenvalue weighted by molar-refractivity contribution is 5.85. The van der Waals surface area contributed by atoms with Crippen molar-refractivity contribution in [3.05, 3.63) is 101 Å². The minimum absolute atomic E-state index is 0.243. The molecule has 7 nitrogen and oxygen atoms in total. The van der Waals surface area contributed by atoms with Gasteiger partial charge in [0.1, 0.15) is 17.9 Å². The monoisotopic (exact) mass is 422 g/mol. The van der Waals surface area contributed by atoms with Gasteiger partial charge in [0.15, 0.2) is 0 Å². The lowest BCUT2D eigenvalue weighted by Gasteiger charge is -2.38. The minimum atomic E-state index is -0.295. The standard InChI is InChI=1S/C25H22N6O/c1-15(2)16-9-11-17(12-10-16)24-21-22(19-7-3-4-8-20(19)32-24)27-25-28-29-30-31(25)23(21)18-6-5-13-26-14-18/h3-15,23-24H,1-2H3,(H,27,28,30)/t23-,24+/m1/s1. The van der Waals surface area contributed by atoms with Gasteiger partial charge in [-0.25, -0.2) is 0 Å². The number of pyridine rings is 1. The molecular weight excluding hydrogens is 400 g/mol. The Bertz CT molecular complexity index is 1310. The molecule has 2 aliphatic rings. The van der Waals surface area contributed by atoms with E-state index in [2.05, 4.69) is 76.1 Å². The van der Waals surface area contributed by atoms with Gasteiger partial charge in [-0.15, -0.1) is 0 Å². The molecule has 0 radical (unpaired) electrons. The summed E-state index contributed by atoms with van der Waals surface area (Å²) in [4.78, 5) is 4.36. The second kappa shape index (κ2) is 7.30.